The molecule has 3 aromatic rings. The highest BCUT2D eigenvalue weighted by atomic mass is 35.5. The van der Waals surface area contributed by atoms with Gasteiger partial charge in [0.05, 0.1) is 30.7 Å². The molecule has 2 aliphatic rings. The molecule has 2 fully saturated rings. The molecule has 0 saturated carbocycles. The first-order chi connectivity index (χ1) is 13.2. The van der Waals surface area contributed by atoms with Gasteiger partial charge in [-0.3, -0.25) is 9.58 Å². The molecule has 0 radical (unpaired) electrons. The van der Waals surface area contributed by atoms with Gasteiger partial charge in [-0.05, 0) is 56.0 Å². The van der Waals surface area contributed by atoms with Gasteiger partial charge in [0.2, 0.25) is 0 Å². The molecule has 0 N–H and O–H groups in total. The number of likely N-dealkylation sites (tertiary alicyclic amines) is 1. The number of piperidine rings is 1. The number of fused-ring (bicyclic) bond motifs is 1. The van der Waals surface area contributed by atoms with Crippen molar-refractivity contribution in [2.75, 3.05) is 26.3 Å². The number of hydrogen-bond donors (Lipinski definition) is 0. The van der Waals surface area contributed by atoms with Gasteiger partial charge in [-0.1, -0.05) is 11.6 Å². The lowest BCUT2D eigenvalue weighted by Gasteiger charge is -2.35. The molecule has 0 spiro atoms. The molecule has 1 aromatic carbocycles. The standard InChI is InChI=1S/C20H24ClN5O/c1-24-12-17(11-22-24)26-20-9-18(19(21)8-15(20)10-23-26)14-2-5-25(6-3-14)16-4-7-27-13-16/h8-12,14,16H,2-7,13H2,1H3. The molecule has 5 rings (SSSR count). The zero-order chi connectivity index (χ0) is 18.4. The lowest BCUT2D eigenvalue weighted by atomic mass is 9.88. The predicted octanol–water partition coefficient (Wildman–Crippen LogP) is 3.38. The van der Waals surface area contributed by atoms with Crippen molar-refractivity contribution < 1.29 is 4.74 Å². The van der Waals surface area contributed by atoms with Crippen LogP contribution in [0.2, 0.25) is 5.02 Å². The largest absolute Gasteiger partial charge is 0.380 e. The van der Waals surface area contributed by atoms with Gasteiger partial charge in [0.1, 0.15) is 5.69 Å². The summed E-state index contributed by atoms with van der Waals surface area (Å²) in [7, 11) is 1.92. The van der Waals surface area contributed by atoms with Crippen molar-refractivity contribution in [1.29, 1.82) is 0 Å². The van der Waals surface area contributed by atoms with Crippen LogP contribution in [0.4, 0.5) is 0 Å². The Morgan fingerprint density at radius 2 is 1.96 bits per heavy atom. The van der Waals surface area contributed by atoms with E-state index in [1.54, 1.807) is 4.68 Å². The van der Waals surface area contributed by atoms with Gasteiger partial charge in [-0.15, -0.1) is 0 Å². The van der Waals surface area contributed by atoms with Gasteiger partial charge in [-0.2, -0.15) is 10.2 Å². The third kappa shape index (κ3) is 3.16. The zero-order valence-electron chi connectivity index (χ0n) is 15.5. The van der Waals surface area contributed by atoms with Gasteiger partial charge in [0, 0.05) is 30.1 Å². The number of rotatable bonds is 3. The van der Waals surface area contributed by atoms with Crippen LogP contribution >= 0.6 is 11.6 Å². The quantitative estimate of drug-likeness (QED) is 0.693. The minimum absolute atomic E-state index is 0.498. The topological polar surface area (TPSA) is 48.1 Å². The van der Waals surface area contributed by atoms with E-state index in [4.69, 9.17) is 16.3 Å². The minimum atomic E-state index is 0.498. The molecular weight excluding hydrogens is 362 g/mol. The van der Waals surface area contributed by atoms with Crippen molar-refractivity contribution in [3.8, 4) is 5.69 Å². The average Bonchev–Trinajstić information content (AvgIpc) is 3.41. The van der Waals surface area contributed by atoms with Crippen molar-refractivity contribution in [3.63, 3.8) is 0 Å². The Bertz CT molecular complexity index is 951. The SMILES string of the molecule is Cn1cc(-n2ncc3cc(Cl)c(C4CCN(C5CCOC5)CC4)cc32)cn1. The van der Waals surface area contributed by atoms with Crippen LogP contribution in [0.25, 0.3) is 16.6 Å². The van der Waals surface area contributed by atoms with Crippen LogP contribution in [0.5, 0.6) is 0 Å². The molecular formula is C20H24ClN5O. The summed E-state index contributed by atoms with van der Waals surface area (Å²) < 4.78 is 9.30. The summed E-state index contributed by atoms with van der Waals surface area (Å²) in [5, 5.41) is 10.7. The van der Waals surface area contributed by atoms with E-state index in [0.717, 1.165) is 60.8 Å². The van der Waals surface area contributed by atoms with Crippen molar-refractivity contribution in [3.05, 3.63) is 41.3 Å². The second-order valence-corrected chi connectivity index (χ2v) is 8.10. The van der Waals surface area contributed by atoms with Crippen LogP contribution in [0.1, 0.15) is 30.7 Å². The molecule has 0 aliphatic carbocycles. The highest BCUT2D eigenvalue weighted by molar-refractivity contribution is 6.32. The fourth-order valence-electron chi connectivity index (χ4n) is 4.48. The Kier molecular flexibility index (Phi) is 4.42. The van der Waals surface area contributed by atoms with Crippen LogP contribution in [-0.4, -0.2) is 56.8 Å². The molecule has 1 unspecified atom stereocenters. The van der Waals surface area contributed by atoms with E-state index < -0.39 is 0 Å². The number of nitrogens with zero attached hydrogens (tertiary/aromatic N) is 5. The van der Waals surface area contributed by atoms with E-state index in [1.165, 1.54) is 12.0 Å². The number of aromatic nitrogens is 4. The Morgan fingerprint density at radius 1 is 1.11 bits per heavy atom. The lowest BCUT2D eigenvalue weighted by Crippen LogP contribution is -2.41. The van der Waals surface area contributed by atoms with Gasteiger partial charge >= 0.3 is 0 Å². The van der Waals surface area contributed by atoms with Gasteiger partial charge < -0.3 is 4.74 Å². The van der Waals surface area contributed by atoms with Crippen LogP contribution in [0, 0.1) is 0 Å². The molecule has 2 saturated heterocycles. The fourth-order valence-corrected chi connectivity index (χ4v) is 4.81. The van der Waals surface area contributed by atoms with Crippen LogP contribution < -0.4 is 0 Å². The number of halogens is 1. The summed E-state index contributed by atoms with van der Waals surface area (Å²) in [5.74, 6) is 0.498. The summed E-state index contributed by atoms with van der Waals surface area (Å²) in [6, 6.07) is 4.90. The summed E-state index contributed by atoms with van der Waals surface area (Å²) in [6.45, 7) is 4.04. The van der Waals surface area contributed by atoms with Crippen molar-refractivity contribution >= 4 is 22.5 Å². The fraction of sp³-hybridized carbons (Fsp3) is 0.500. The minimum Gasteiger partial charge on any atom is -0.380 e. The summed E-state index contributed by atoms with van der Waals surface area (Å²) >= 11 is 6.67. The molecule has 4 heterocycles. The molecule has 7 heteroatoms. The van der Waals surface area contributed by atoms with Crippen LogP contribution in [0.15, 0.2) is 30.7 Å². The van der Waals surface area contributed by atoms with E-state index in [1.807, 2.05) is 30.3 Å². The Morgan fingerprint density at radius 3 is 2.67 bits per heavy atom. The maximum absolute atomic E-state index is 6.67. The highest BCUT2D eigenvalue weighted by Gasteiger charge is 2.29. The monoisotopic (exact) mass is 385 g/mol. The van der Waals surface area contributed by atoms with Crippen molar-refractivity contribution in [2.45, 2.75) is 31.2 Å². The van der Waals surface area contributed by atoms with Crippen LogP contribution in [0.3, 0.4) is 0 Å². The smallest absolute Gasteiger partial charge is 0.103 e. The average molecular weight is 386 g/mol. The molecule has 0 amide bonds. The second kappa shape index (κ2) is 6.93. The highest BCUT2D eigenvalue weighted by Crippen LogP contribution is 2.36. The van der Waals surface area contributed by atoms with Gasteiger partial charge in [-0.25, -0.2) is 4.68 Å². The second-order valence-electron chi connectivity index (χ2n) is 7.69. The van der Waals surface area contributed by atoms with E-state index in [9.17, 15) is 0 Å². The number of ether oxygens (including phenoxy) is 1. The maximum Gasteiger partial charge on any atom is 0.103 e. The van der Waals surface area contributed by atoms with Crippen molar-refractivity contribution in [1.82, 2.24) is 24.5 Å². The first-order valence-corrected chi connectivity index (χ1v) is 10.0. The number of hydrogen-bond acceptors (Lipinski definition) is 4. The normalized spacial score (nSPS) is 22.1. The molecule has 2 aliphatic heterocycles. The van der Waals surface area contributed by atoms with E-state index >= 15 is 0 Å². The first-order valence-electron chi connectivity index (χ1n) is 9.67. The maximum atomic E-state index is 6.67. The molecule has 6 nitrogen and oxygen atoms in total. The lowest BCUT2D eigenvalue weighted by molar-refractivity contribution is 0.122. The van der Waals surface area contributed by atoms with Crippen molar-refractivity contribution in [2.24, 2.45) is 7.05 Å². The van der Waals surface area contributed by atoms with E-state index in [-0.39, 0.29) is 0 Å². The third-order valence-corrected chi connectivity index (χ3v) is 6.34. The number of benzene rings is 1. The first kappa shape index (κ1) is 17.2. The summed E-state index contributed by atoms with van der Waals surface area (Å²) in [6.07, 6.45) is 9.14. The Labute approximate surface area is 163 Å². The van der Waals surface area contributed by atoms with E-state index in [0.29, 0.717) is 12.0 Å². The van der Waals surface area contributed by atoms with E-state index in [2.05, 4.69) is 27.2 Å². The van der Waals surface area contributed by atoms with Gasteiger partial charge in [0.25, 0.3) is 0 Å². The summed E-state index contributed by atoms with van der Waals surface area (Å²) in [4.78, 5) is 2.59. The number of aryl methyl sites for hydroxylation is 1. The molecule has 142 valence electrons. The Hall–Kier alpha value is -1.89. The van der Waals surface area contributed by atoms with Crippen LogP contribution in [-0.2, 0) is 11.8 Å². The molecule has 27 heavy (non-hydrogen) atoms. The molecule has 0 bridgehead atoms. The summed E-state index contributed by atoms with van der Waals surface area (Å²) in [5.41, 5.74) is 3.31. The Balaban J connectivity index is 1.42. The van der Waals surface area contributed by atoms with Gasteiger partial charge in [0.15, 0.2) is 0 Å². The third-order valence-electron chi connectivity index (χ3n) is 6.01. The molecule has 1 atom stereocenters. The molecule has 2 aromatic heterocycles. The predicted molar refractivity (Wildman–Crippen MR) is 106 cm³/mol. The zero-order valence-corrected chi connectivity index (χ0v) is 16.3.